The average molecular weight is 230 g/mol. The molecular formula is C15H22N2. The van der Waals surface area contributed by atoms with Crippen molar-refractivity contribution in [2.45, 2.75) is 26.3 Å². The van der Waals surface area contributed by atoms with Gasteiger partial charge in [-0.05, 0) is 31.5 Å². The molecule has 0 saturated carbocycles. The molecule has 0 aromatic heterocycles. The van der Waals surface area contributed by atoms with Gasteiger partial charge in [0.1, 0.15) is 0 Å². The molecule has 1 heterocycles. The van der Waals surface area contributed by atoms with E-state index >= 15 is 0 Å². The Bertz CT molecular complexity index is 384. The van der Waals surface area contributed by atoms with E-state index in [-0.39, 0.29) is 0 Å². The van der Waals surface area contributed by atoms with Crippen LogP contribution in [0.1, 0.15) is 31.9 Å². The Morgan fingerprint density at radius 1 is 1.41 bits per heavy atom. The highest BCUT2D eigenvalue weighted by Gasteiger charge is 2.22. The van der Waals surface area contributed by atoms with Crippen molar-refractivity contribution in [1.29, 1.82) is 0 Å². The van der Waals surface area contributed by atoms with Crippen LogP contribution >= 0.6 is 0 Å². The van der Waals surface area contributed by atoms with E-state index in [1.54, 1.807) is 0 Å². The maximum atomic E-state index is 3.57. The molecule has 2 heteroatoms. The van der Waals surface area contributed by atoms with Crippen LogP contribution in [0.15, 0.2) is 36.4 Å². The van der Waals surface area contributed by atoms with Gasteiger partial charge in [0.15, 0.2) is 0 Å². The van der Waals surface area contributed by atoms with E-state index in [2.05, 4.69) is 60.5 Å². The molecule has 92 valence electrons. The fourth-order valence-corrected chi connectivity index (χ4v) is 2.51. The van der Waals surface area contributed by atoms with Crippen LogP contribution in [0.25, 0.3) is 0 Å². The first-order chi connectivity index (χ1) is 8.36. The summed E-state index contributed by atoms with van der Waals surface area (Å²) in [7, 11) is 0. The number of anilines is 1. The van der Waals surface area contributed by atoms with E-state index in [0.29, 0.717) is 6.04 Å². The maximum Gasteiger partial charge on any atom is 0.0417 e. The molecule has 1 atom stereocenters. The predicted molar refractivity (Wildman–Crippen MR) is 74.5 cm³/mol. The smallest absolute Gasteiger partial charge is 0.0417 e. The van der Waals surface area contributed by atoms with Gasteiger partial charge in [-0.2, -0.15) is 0 Å². The average Bonchev–Trinajstić information content (AvgIpc) is 2.38. The number of benzene rings is 1. The summed E-state index contributed by atoms with van der Waals surface area (Å²) in [6.45, 7) is 7.45. The van der Waals surface area contributed by atoms with Crippen molar-refractivity contribution in [1.82, 2.24) is 5.32 Å². The lowest BCUT2D eigenvalue weighted by Gasteiger charge is -2.35. The first-order valence-electron chi connectivity index (χ1n) is 6.55. The lowest BCUT2D eigenvalue weighted by atomic mass is 9.96. The van der Waals surface area contributed by atoms with Gasteiger partial charge in [-0.1, -0.05) is 37.3 Å². The van der Waals surface area contributed by atoms with Gasteiger partial charge >= 0.3 is 0 Å². The third-order valence-electron chi connectivity index (χ3n) is 3.35. The minimum absolute atomic E-state index is 0.526. The molecule has 0 spiro atoms. The van der Waals surface area contributed by atoms with Crippen LogP contribution in [0.3, 0.4) is 0 Å². The maximum absolute atomic E-state index is 3.57. The molecule has 0 saturated heterocycles. The van der Waals surface area contributed by atoms with Gasteiger partial charge in [-0.3, -0.25) is 0 Å². The molecule has 0 fully saturated rings. The predicted octanol–water partition coefficient (Wildman–Crippen LogP) is 3.12. The van der Waals surface area contributed by atoms with Crippen LogP contribution in [0.2, 0.25) is 0 Å². The van der Waals surface area contributed by atoms with Crippen molar-refractivity contribution < 1.29 is 0 Å². The summed E-state index contributed by atoms with van der Waals surface area (Å²) in [5.41, 5.74) is 2.84. The number of nitrogens with zero attached hydrogens (tertiary/aromatic N) is 1. The zero-order chi connectivity index (χ0) is 12.1. The summed E-state index contributed by atoms with van der Waals surface area (Å²) in [6, 6.07) is 9.29. The molecule has 1 aromatic carbocycles. The number of para-hydroxylation sites is 1. The number of nitrogens with one attached hydrogen (secondary N) is 1. The van der Waals surface area contributed by atoms with Crippen molar-refractivity contribution >= 4 is 5.69 Å². The highest BCUT2D eigenvalue weighted by molar-refractivity contribution is 5.57. The zero-order valence-corrected chi connectivity index (χ0v) is 10.8. The Balaban J connectivity index is 2.23. The Morgan fingerprint density at radius 3 is 3.00 bits per heavy atom. The highest BCUT2D eigenvalue weighted by atomic mass is 15.1. The number of rotatable bonds is 4. The molecule has 0 radical (unpaired) electrons. The summed E-state index contributed by atoms with van der Waals surface area (Å²) in [5.74, 6) is 0. The molecule has 1 aromatic rings. The van der Waals surface area contributed by atoms with E-state index in [4.69, 9.17) is 0 Å². The van der Waals surface area contributed by atoms with Crippen LogP contribution in [0, 0.1) is 0 Å². The first-order valence-corrected chi connectivity index (χ1v) is 6.55. The minimum atomic E-state index is 0.526. The van der Waals surface area contributed by atoms with Crippen LogP contribution in [0.5, 0.6) is 0 Å². The number of hydrogen-bond donors (Lipinski definition) is 1. The summed E-state index contributed by atoms with van der Waals surface area (Å²) in [4.78, 5) is 2.46. The Labute approximate surface area is 104 Å². The molecule has 1 unspecified atom stereocenters. The lowest BCUT2D eigenvalue weighted by Crippen LogP contribution is -2.35. The minimum Gasteiger partial charge on any atom is -0.367 e. The highest BCUT2D eigenvalue weighted by Crippen LogP contribution is 2.33. The zero-order valence-electron chi connectivity index (χ0n) is 10.8. The topological polar surface area (TPSA) is 15.3 Å². The van der Waals surface area contributed by atoms with Crippen molar-refractivity contribution in [3.05, 3.63) is 42.0 Å². The van der Waals surface area contributed by atoms with Crippen LogP contribution < -0.4 is 10.2 Å². The van der Waals surface area contributed by atoms with Gasteiger partial charge < -0.3 is 10.2 Å². The van der Waals surface area contributed by atoms with E-state index in [0.717, 1.165) is 19.6 Å². The Kier molecular flexibility index (Phi) is 4.21. The fraction of sp³-hybridized carbons (Fsp3) is 0.467. The molecule has 1 aliphatic rings. The second-order valence-corrected chi connectivity index (χ2v) is 4.47. The second-order valence-electron chi connectivity index (χ2n) is 4.47. The van der Waals surface area contributed by atoms with Crippen molar-refractivity contribution in [2.24, 2.45) is 0 Å². The summed E-state index contributed by atoms with van der Waals surface area (Å²) in [6.07, 6.45) is 5.55. The lowest BCUT2D eigenvalue weighted by molar-refractivity contribution is 0.495. The van der Waals surface area contributed by atoms with Gasteiger partial charge in [0.05, 0.1) is 0 Å². The first kappa shape index (κ1) is 12.2. The molecule has 0 bridgehead atoms. The SMILES string of the molecule is C/C=C/CN1CCC(NCC)c2ccccc21. The Morgan fingerprint density at radius 2 is 2.24 bits per heavy atom. The standard InChI is InChI=1S/C15H22N2/c1-3-5-11-17-12-10-14(16-4-2)13-8-6-7-9-15(13)17/h3,5-9,14,16H,4,10-12H2,1-2H3/b5-3+. The molecular weight excluding hydrogens is 208 g/mol. The van der Waals surface area contributed by atoms with Gasteiger partial charge in [-0.25, -0.2) is 0 Å². The van der Waals surface area contributed by atoms with E-state index in [9.17, 15) is 0 Å². The molecule has 2 rings (SSSR count). The molecule has 1 aliphatic heterocycles. The summed E-state index contributed by atoms with van der Waals surface area (Å²) >= 11 is 0. The van der Waals surface area contributed by atoms with E-state index in [1.807, 2.05) is 0 Å². The second kappa shape index (κ2) is 5.87. The summed E-state index contributed by atoms with van der Waals surface area (Å²) in [5, 5.41) is 3.57. The van der Waals surface area contributed by atoms with Crippen LogP contribution in [-0.2, 0) is 0 Å². The van der Waals surface area contributed by atoms with Gasteiger partial charge in [0.2, 0.25) is 0 Å². The van der Waals surface area contributed by atoms with E-state index in [1.165, 1.54) is 17.7 Å². The van der Waals surface area contributed by atoms with Gasteiger partial charge in [0.25, 0.3) is 0 Å². The molecule has 1 N–H and O–H groups in total. The largest absolute Gasteiger partial charge is 0.367 e. The molecule has 17 heavy (non-hydrogen) atoms. The molecule has 0 aliphatic carbocycles. The fourth-order valence-electron chi connectivity index (χ4n) is 2.51. The van der Waals surface area contributed by atoms with Gasteiger partial charge in [0, 0.05) is 24.8 Å². The molecule has 0 amide bonds. The van der Waals surface area contributed by atoms with Crippen LogP contribution in [-0.4, -0.2) is 19.6 Å². The van der Waals surface area contributed by atoms with E-state index < -0.39 is 0 Å². The van der Waals surface area contributed by atoms with Crippen molar-refractivity contribution in [3.8, 4) is 0 Å². The number of fused-ring (bicyclic) bond motifs is 1. The quantitative estimate of drug-likeness (QED) is 0.799. The van der Waals surface area contributed by atoms with Gasteiger partial charge in [-0.15, -0.1) is 0 Å². The Hall–Kier alpha value is -1.28. The van der Waals surface area contributed by atoms with Crippen LogP contribution in [0.4, 0.5) is 5.69 Å². The number of hydrogen-bond acceptors (Lipinski definition) is 2. The van der Waals surface area contributed by atoms with Crippen molar-refractivity contribution in [2.75, 3.05) is 24.5 Å². The normalized spacial score (nSPS) is 19.6. The summed E-state index contributed by atoms with van der Waals surface area (Å²) < 4.78 is 0. The van der Waals surface area contributed by atoms with Crippen molar-refractivity contribution in [3.63, 3.8) is 0 Å². The monoisotopic (exact) mass is 230 g/mol. The third-order valence-corrected chi connectivity index (χ3v) is 3.35. The molecule has 2 nitrogen and oxygen atoms in total. The number of allylic oxidation sites excluding steroid dienone is 1. The third kappa shape index (κ3) is 2.70.